The van der Waals surface area contributed by atoms with Gasteiger partial charge >= 0.3 is 5.97 Å². The van der Waals surface area contributed by atoms with Crippen LogP contribution < -0.4 is 0 Å². The van der Waals surface area contributed by atoms with Crippen molar-refractivity contribution in [2.45, 2.75) is 39.0 Å². The van der Waals surface area contributed by atoms with Crippen LogP contribution in [0, 0.1) is 0 Å². The Morgan fingerprint density at radius 2 is 2.30 bits per heavy atom. The van der Waals surface area contributed by atoms with Gasteiger partial charge in [-0.2, -0.15) is 5.10 Å². The Kier molecular flexibility index (Phi) is 3.38. The van der Waals surface area contributed by atoms with Crippen molar-refractivity contribution in [3.63, 3.8) is 0 Å². The molecule has 0 bridgehead atoms. The number of rotatable bonds is 4. The van der Waals surface area contributed by atoms with E-state index < -0.39 is 5.97 Å². The van der Waals surface area contributed by atoms with Crippen LogP contribution in [0.3, 0.4) is 0 Å². The third kappa shape index (κ3) is 1.97. The monoisotopic (exact) mass is 290 g/mol. The number of thiophene rings is 1. The number of nitrogens with zero attached hydrogens (tertiary/aromatic N) is 2. The summed E-state index contributed by atoms with van der Waals surface area (Å²) in [5, 5.41) is 13.8. The predicted octanol–water partition coefficient (Wildman–Crippen LogP) is 3.29. The first-order valence-electron chi connectivity index (χ1n) is 7.02. The molecule has 2 aromatic heterocycles. The van der Waals surface area contributed by atoms with E-state index in [1.807, 2.05) is 17.9 Å². The summed E-state index contributed by atoms with van der Waals surface area (Å²) < 4.78 is 1.89. The Balaban J connectivity index is 2.19. The van der Waals surface area contributed by atoms with Crippen molar-refractivity contribution in [2.75, 3.05) is 0 Å². The van der Waals surface area contributed by atoms with E-state index >= 15 is 0 Å². The van der Waals surface area contributed by atoms with Crippen molar-refractivity contribution in [1.82, 2.24) is 9.78 Å². The lowest BCUT2D eigenvalue weighted by atomic mass is 9.89. The molecule has 0 saturated heterocycles. The minimum Gasteiger partial charge on any atom is -0.477 e. The third-order valence-electron chi connectivity index (χ3n) is 3.93. The Labute approximate surface area is 122 Å². The zero-order valence-electron chi connectivity index (χ0n) is 11.8. The summed E-state index contributed by atoms with van der Waals surface area (Å²) in [5.74, 6) is -0.792. The van der Waals surface area contributed by atoms with Crippen LogP contribution in [0.5, 0.6) is 0 Å². The highest BCUT2D eigenvalue weighted by Gasteiger charge is 2.29. The van der Waals surface area contributed by atoms with Gasteiger partial charge in [-0.15, -0.1) is 11.3 Å². The zero-order valence-corrected chi connectivity index (χ0v) is 12.6. The van der Waals surface area contributed by atoms with Gasteiger partial charge in [0.1, 0.15) is 4.88 Å². The first-order valence-corrected chi connectivity index (χ1v) is 7.84. The molecule has 0 saturated carbocycles. The molecule has 3 rings (SSSR count). The quantitative estimate of drug-likeness (QED) is 0.940. The van der Waals surface area contributed by atoms with E-state index in [-0.39, 0.29) is 0 Å². The molecule has 0 aliphatic heterocycles. The summed E-state index contributed by atoms with van der Waals surface area (Å²) in [6, 6.07) is 0. The number of carboxylic acids is 1. The lowest BCUT2D eigenvalue weighted by molar-refractivity contribution is 0.0701. The van der Waals surface area contributed by atoms with Crippen LogP contribution in [0.15, 0.2) is 6.20 Å². The molecule has 106 valence electrons. The molecule has 5 heteroatoms. The minimum absolute atomic E-state index is 0.526. The lowest BCUT2D eigenvalue weighted by Crippen LogP contribution is -2.08. The van der Waals surface area contributed by atoms with E-state index in [2.05, 4.69) is 12.0 Å². The Morgan fingerprint density at radius 3 is 3.00 bits per heavy atom. The first-order chi connectivity index (χ1) is 9.63. The summed E-state index contributed by atoms with van der Waals surface area (Å²) in [5.41, 5.74) is 4.54. The molecule has 1 aliphatic carbocycles. The smallest absolute Gasteiger partial charge is 0.346 e. The fourth-order valence-corrected chi connectivity index (χ4v) is 4.19. The fourth-order valence-electron chi connectivity index (χ4n) is 2.97. The molecule has 4 nitrogen and oxygen atoms in total. The van der Waals surface area contributed by atoms with Gasteiger partial charge in [-0.05, 0) is 36.8 Å². The molecule has 20 heavy (non-hydrogen) atoms. The summed E-state index contributed by atoms with van der Waals surface area (Å²) >= 11 is 1.46. The third-order valence-corrected chi connectivity index (χ3v) is 5.21. The maximum absolute atomic E-state index is 11.5. The molecule has 0 atom stereocenters. The number of aromatic nitrogens is 2. The van der Waals surface area contributed by atoms with E-state index in [1.54, 1.807) is 0 Å². The van der Waals surface area contributed by atoms with Crippen molar-refractivity contribution in [2.24, 2.45) is 7.05 Å². The van der Waals surface area contributed by atoms with Crippen molar-refractivity contribution < 1.29 is 9.90 Å². The molecule has 0 amide bonds. The molecule has 0 spiro atoms. The van der Waals surface area contributed by atoms with Gasteiger partial charge in [-0.1, -0.05) is 13.3 Å². The van der Waals surface area contributed by atoms with E-state index in [0.717, 1.165) is 48.9 Å². The Hall–Kier alpha value is -1.62. The van der Waals surface area contributed by atoms with Crippen LogP contribution in [0.4, 0.5) is 0 Å². The molecule has 1 aliphatic rings. The Morgan fingerprint density at radius 1 is 1.50 bits per heavy atom. The Bertz CT molecular complexity index is 670. The second-order valence-corrected chi connectivity index (χ2v) is 6.36. The molecule has 0 fully saturated rings. The largest absolute Gasteiger partial charge is 0.477 e. The standard InChI is InChI=1S/C15H18N2O2S/c1-3-4-5-11-12-10(14(20-11)15(18)19)7-6-9-8-16-17(2)13(9)12/h8H,3-7H2,1-2H3,(H,18,19). The van der Waals surface area contributed by atoms with Crippen LogP contribution in [0.2, 0.25) is 0 Å². The summed E-state index contributed by atoms with van der Waals surface area (Å²) in [7, 11) is 1.94. The molecule has 0 aromatic carbocycles. The number of carboxylic acid groups (broad SMARTS) is 1. The van der Waals surface area contributed by atoms with Gasteiger partial charge in [0.05, 0.1) is 11.9 Å². The topological polar surface area (TPSA) is 55.1 Å². The van der Waals surface area contributed by atoms with E-state index in [0.29, 0.717) is 4.88 Å². The minimum atomic E-state index is -0.792. The van der Waals surface area contributed by atoms with Crippen molar-refractivity contribution in [1.29, 1.82) is 0 Å². The van der Waals surface area contributed by atoms with Crippen LogP contribution in [-0.4, -0.2) is 20.9 Å². The van der Waals surface area contributed by atoms with Crippen LogP contribution in [-0.2, 0) is 26.3 Å². The normalized spacial score (nSPS) is 13.1. The average molecular weight is 290 g/mol. The predicted molar refractivity (Wildman–Crippen MR) is 79.5 cm³/mol. The van der Waals surface area contributed by atoms with Gasteiger partial charge < -0.3 is 5.11 Å². The van der Waals surface area contributed by atoms with E-state index in [9.17, 15) is 9.90 Å². The number of fused-ring (bicyclic) bond motifs is 3. The molecular formula is C15H18N2O2S. The average Bonchev–Trinajstić information content (AvgIpc) is 2.97. The van der Waals surface area contributed by atoms with Crippen molar-refractivity contribution >= 4 is 17.3 Å². The second-order valence-electron chi connectivity index (χ2n) is 5.26. The number of carbonyl (C=O) groups is 1. The van der Waals surface area contributed by atoms with Crippen LogP contribution in [0.25, 0.3) is 11.3 Å². The molecule has 0 unspecified atom stereocenters. The molecule has 1 N–H and O–H groups in total. The number of hydrogen-bond acceptors (Lipinski definition) is 3. The van der Waals surface area contributed by atoms with Gasteiger partial charge in [-0.3, -0.25) is 4.68 Å². The summed E-state index contributed by atoms with van der Waals surface area (Å²) in [6.07, 6.45) is 6.80. The number of hydrogen-bond donors (Lipinski definition) is 1. The number of unbranched alkanes of at least 4 members (excludes halogenated alkanes) is 1. The maximum Gasteiger partial charge on any atom is 0.346 e. The molecule has 2 aromatic rings. The summed E-state index contributed by atoms with van der Waals surface area (Å²) in [6.45, 7) is 2.16. The number of aryl methyl sites for hydroxylation is 3. The van der Waals surface area contributed by atoms with Crippen molar-refractivity contribution in [3.05, 3.63) is 27.1 Å². The highest BCUT2D eigenvalue weighted by molar-refractivity contribution is 7.14. The second kappa shape index (κ2) is 5.05. The molecular weight excluding hydrogens is 272 g/mol. The van der Waals surface area contributed by atoms with Crippen molar-refractivity contribution in [3.8, 4) is 11.3 Å². The van der Waals surface area contributed by atoms with E-state index in [4.69, 9.17) is 0 Å². The number of aromatic carboxylic acids is 1. The summed E-state index contributed by atoms with van der Waals surface area (Å²) in [4.78, 5) is 13.2. The molecule has 2 heterocycles. The van der Waals surface area contributed by atoms with Crippen LogP contribution in [0.1, 0.15) is 45.4 Å². The fraction of sp³-hybridized carbons (Fsp3) is 0.467. The molecule has 0 radical (unpaired) electrons. The van der Waals surface area contributed by atoms with Gasteiger partial charge in [0, 0.05) is 17.5 Å². The van der Waals surface area contributed by atoms with Crippen LogP contribution >= 0.6 is 11.3 Å². The maximum atomic E-state index is 11.5. The van der Waals surface area contributed by atoms with Gasteiger partial charge in [0.25, 0.3) is 0 Å². The van der Waals surface area contributed by atoms with Gasteiger partial charge in [-0.25, -0.2) is 4.79 Å². The van der Waals surface area contributed by atoms with Gasteiger partial charge in [0.15, 0.2) is 0 Å². The highest BCUT2D eigenvalue weighted by atomic mass is 32.1. The van der Waals surface area contributed by atoms with E-state index in [1.165, 1.54) is 21.8 Å². The first kappa shape index (κ1) is 13.4. The SMILES string of the molecule is CCCCc1sc(C(=O)O)c2c1-c1c(cnn1C)CC2. The lowest BCUT2D eigenvalue weighted by Gasteiger charge is -2.16. The zero-order chi connectivity index (χ0) is 14.3. The highest BCUT2D eigenvalue weighted by Crippen LogP contribution is 2.42. The van der Waals surface area contributed by atoms with Gasteiger partial charge in [0.2, 0.25) is 0 Å².